The lowest BCUT2D eigenvalue weighted by molar-refractivity contribution is 0.146. The molecule has 4 rings (SSSR count). The van der Waals surface area contributed by atoms with Crippen molar-refractivity contribution in [2.45, 2.75) is 6.61 Å². The quantitative estimate of drug-likeness (QED) is 0.756. The first-order chi connectivity index (χ1) is 12.6. The molecule has 2 N–H and O–H groups in total. The fraction of sp³-hybridized carbons (Fsp3) is 0.100. The van der Waals surface area contributed by atoms with Crippen LogP contribution in [0.4, 0.5) is 14.7 Å². The van der Waals surface area contributed by atoms with Crippen molar-refractivity contribution in [1.82, 2.24) is 9.97 Å². The number of anilines is 1. The Morgan fingerprint density at radius 1 is 0.846 bits per heavy atom. The Balaban J connectivity index is 1.83. The van der Waals surface area contributed by atoms with E-state index in [2.05, 4.69) is 9.97 Å². The third kappa shape index (κ3) is 3.19. The fourth-order valence-electron chi connectivity index (χ4n) is 2.95. The molecule has 130 valence electrons. The van der Waals surface area contributed by atoms with Crippen LogP contribution in [0.5, 0.6) is 0 Å². The summed E-state index contributed by atoms with van der Waals surface area (Å²) >= 11 is 0. The van der Waals surface area contributed by atoms with Crippen molar-refractivity contribution < 1.29 is 13.5 Å². The molecule has 0 amide bonds. The molecular weight excluding hydrogens is 336 g/mol. The van der Waals surface area contributed by atoms with Gasteiger partial charge in [-0.3, -0.25) is 0 Å². The van der Waals surface area contributed by atoms with Crippen LogP contribution in [0.25, 0.3) is 22.9 Å². The standard InChI is InChI=1S/C20H15F2N3O/c21-15-5-1-12(2-6-15)9-14-10-26-11-17-18(24-20(23)25-19(14)17)13-3-7-16(22)8-4-13/h1-9H,10-11H2,(H2,23,24,25)/b14-9+. The van der Waals surface area contributed by atoms with Gasteiger partial charge in [-0.2, -0.15) is 0 Å². The number of benzene rings is 2. The van der Waals surface area contributed by atoms with Gasteiger partial charge in [-0.25, -0.2) is 18.7 Å². The number of hydrogen-bond acceptors (Lipinski definition) is 4. The van der Waals surface area contributed by atoms with Gasteiger partial charge in [0.2, 0.25) is 5.95 Å². The minimum absolute atomic E-state index is 0.134. The zero-order chi connectivity index (χ0) is 18.1. The topological polar surface area (TPSA) is 61.0 Å². The molecule has 0 radical (unpaired) electrons. The maximum Gasteiger partial charge on any atom is 0.221 e. The van der Waals surface area contributed by atoms with Crippen molar-refractivity contribution in [3.63, 3.8) is 0 Å². The Morgan fingerprint density at radius 3 is 2.15 bits per heavy atom. The molecule has 0 unspecified atom stereocenters. The highest BCUT2D eigenvalue weighted by Gasteiger charge is 2.22. The molecule has 0 bridgehead atoms. The molecule has 0 saturated carbocycles. The summed E-state index contributed by atoms with van der Waals surface area (Å²) in [5.74, 6) is -0.481. The molecule has 0 saturated heterocycles. The summed E-state index contributed by atoms with van der Waals surface area (Å²) in [5.41, 5.74) is 10.4. The first kappa shape index (κ1) is 16.4. The molecule has 2 aromatic carbocycles. The van der Waals surface area contributed by atoms with Gasteiger partial charge in [-0.05, 0) is 48.0 Å². The number of aromatic nitrogens is 2. The van der Waals surface area contributed by atoms with Gasteiger partial charge in [0.15, 0.2) is 0 Å². The number of nitrogen functional groups attached to an aromatic ring is 1. The molecule has 4 nitrogen and oxygen atoms in total. The van der Waals surface area contributed by atoms with Crippen LogP contribution >= 0.6 is 0 Å². The lowest BCUT2D eigenvalue weighted by Crippen LogP contribution is -2.15. The van der Waals surface area contributed by atoms with Crippen molar-refractivity contribution in [1.29, 1.82) is 0 Å². The lowest BCUT2D eigenvalue weighted by atomic mass is 9.98. The molecule has 2 heterocycles. The number of rotatable bonds is 2. The minimum Gasteiger partial charge on any atom is -0.372 e. The van der Waals surface area contributed by atoms with E-state index in [4.69, 9.17) is 10.5 Å². The van der Waals surface area contributed by atoms with Gasteiger partial charge < -0.3 is 10.5 Å². The first-order valence-corrected chi connectivity index (χ1v) is 8.07. The number of nitrogens with zero attached hydrogens (tertiary/aromatic N) is 2. The molecular formula is C20H15F2N3O. The maximum atomic E-state index is 13.2. The second-order valence-electron chi connectivity index (χ2n) is 5.98. The maximum absolute atomic E-state index is 13.2. The van der Waals surface area contributed by atoms with Gasteiger partial charge in [-0.1, -0.05) is 12.1 Å². The molecule has 1 aliphatic heterocycles. The largest absolute Gasteiger partial charge is 0.372 e. The van der Waals surface area contributed by atoms with E-state index in [0.717, 1.165) is 22.3 Å². The van der Waals surface area contributed by atoms with E-state index in [9.17, 15) is 8.78 Å². The van der Waals surface area contributed by atoms with Crippen LogP contribution in [0.1, 0.15) is 16.8 Å². The fourth-order valence-corrected chi connectivity index (χ4v) is 2.95. The molecule has 0 aliphatic carbocycles. The average Bonchev–Trinajstić information content (AvgIpc) is 2.64. The summed E-state index contributed by atoms with van der Waals surface area (Å²) in [7, 11) is 0. The lowest BCUT2D eigenvalue weighted by Gasteiger charge is -2.21. The normalized spacial score (nSPS) is 15.1. The van der Waals surface area contributed by atoms with E-state index in [0.29, 0.717) is 24.6 Å². The van der Waals surface area contributed by atoms with Gasteiger partial charge in [0.05, 0.1) is 24.6 Å². The number of hydrogen-bond donors (Lipinski definition) is 1. The van der Waals surface area contributed by atoms with Crippen molar-refractivity contribution in [3.05, 3.63) is 77.0 Å². The molecule has 0 spiro atoms. The van der Waals surface area contributed by atoms with Crippen LogP contribution in [-0.4, -0.2) is 16.6 Å². The third-order valence-electron chi connectivity index (χ3n) is 4.16. The molecule has 1 aliphatic rings. The molecule has 0 fully saturated rings. The summed E-state index contributed by atoms with van der Waals surface area (Å²) in [6.45, 7) is 0.701. The summed E-state index contributed by atoms with van der Waals surface area (Å²) < 4.78 is 32.0. The van der Waals surface area contributed by atoms with Crippen LogP contribution < -0.4 is 5.73 Å². The number of ether oxygens (including phenoxy) is 1. The van der Waals surface area contributed by atoms with Gasteiger partial charge in [0.25, 0.3) is 0 Å². The zero-order valence-electron chi connectivity index (χ0n) is 13.7. The highest BCUT2D eigenvalue weighted by atomic mass is 19.1. The van der Waals surface area contributed by atoms with Gasteiger partial charge in [0, 0.05) is 16.7 Å². The van der Waals surface area contributed by atoms with Crippen molar-refractivity contribution >= 4 is 17.6 Å². The van der Waals surface area contributed by atoms with E-state index >= 15 is 0 Å². The van der Waals surface area contributed by atoms with Gasteiger partial charge >= 0.3 is 0 Å². The Morgan fingerprint density at radius 2 is 1.46 bits per heavy atom. The molecule has 0 atom stereocenters. The number of fused-ring (bicyclic) bond motifs is 1. The van der Waals surface area contributed by atoms with E-state index in [1.807, 2.05) is 6.08 Å². The minimum atomic E-state index is -0.321. The monoisotopic (exact) mass is 351 g/mol. The van der Waals surface area contributed by atoms with Crippen molar-refractivity contribution in [2.24, 2.45) is 0 Å². The molecule has 3 aromatic rings. The Bertz CT molecular complexity index is 983. The van der Waals surface area contributed by atoms with Gasteiger partial charge in [-0.15, -0.1) is 0 Å². The van der Waals surface area contributed by atoms with E-state index in [-0.39, 0.29) is 17.6 Å². The summed E-state index contributed by atoms with van der Waals surface area (Å²) in [4.78, 5) is 8.71. The molecule has 26 heavy (non-hydrogen) atoms. The van der Waals surface area contributed by atoms with E-state index in [1.54, 1.807) is 24.3 Å². The second kappa shape index (κ2) is 6.65. The Hall–Kier alpha value is -3.12. The van der Waals surface area contributed by atoms with Gasteiger partial charge in [0.1, 0.15) is 11.6 Å². The summed E-state index contributed by atoms with van der Waals surface area (Å²) in [6.07, 6.45) is 1.89. The molecule has 6 heteroatoms. The van der Waals surface area contributed by atoms with Crippen molar-refractivity contribution in [3.8, 4) is 11.3 Å². The first-order valence-electron chi connectivity index (χ1n) is 8.07. The van der Waals surface area contributed by atoms with E-state index < -0.39 is 0 Å². The highest BCUT2D eigenvalue weighted by Crippen LogP contribution is 2.33. The highest BCUT2D eigenvalue weighted by molar-refractivity contribution is 5.85. The smallest absolute Gasteiger partial charge is 0.221 e. The van der Waals surface area contributed by atoms with Crippen LogP contribution in [-0.2, 0) is 11.3 Å². The van der Waals surface area contributed by atoms with Crippen LogP contribution in [0, 0.1) is 11.6 Å². The second-order valence-corrected chi connectivity index (χ2v) is 5.98. The number of halogens is 2. The predicted octanol–water partition coefficient (Wildman–Crippen LogP) is 4.07. The van der Waals surface area contributed by atoms with Crippen LogP contribution in [0.2, 0.25) is 0 Å². The average molecular weight is 351 g/mol. The van der Waals surface area contributed by atoms with Crippen LogP contribution in [0.3, 0.4) is 0 Å². The van der Waals surface area contributed by atoms with E-state index in [1.165, 1.54) is 24.3 Å². The van der Waals surface area contributed by atoms with Crippen molar-refractivity contribution in [2.75, 3.05) is 12.3 Å². The molecule has 1 aromatic heterocycles. The number of nitrogens with two attached hydrogens (primary N) is 1. The van der Waals surface area contributed by atoms with Crippen LogP contribution in [0.15, 0.2) is 48.5 Å². The SMILES string of the molecule is Nc1nc2c(c(-c3ccc(F)cc3)n1)COC/C2=C\c1ccc(F)cc1. The predicted molar refractivity (Wildman–Crippen MR) is 95.8 cm³/mol. The Labute approximate surface area is 149 Å². The Kier molecular flexibility index (Phi) is 4.18. The summed E-state index contributed by atoms with van der Waals surface area (Å²) in [5, 5.41) is 0. The zero-order valence-corrected chi connectivity index (χ0v) is 13.7. The third-order valence-corrected chi connectivity index (χ3v) is 4.16. The summed E-state index contributed by atoms with van der Waals surface area (Å²) in [6, 6.07) is 12.2.